The van der Waals surface area contributed by atoms with Crippen LogP contribution in [0.5, 0.6) is 5.75 Å². The SMILES string of the molecule is CCCCCCCCCCCCC[C@@H]1CC(=O)N[C@H]([C@@H](C)O)C(=O)N[C@H](C)C(=O)N[C@@H](Cc2ccc(O)cc2)C(=O)N[C@@H](C(C)C)C(=O)N2C[C@H](O)C[C@H]2C(=O)N[C@H]([C@@H](C)O)C(=O)N[C@@H]([C@@H](C)O)C(=O)N2CC[C@H](O)[C@H]2C(=O)N[C@@H]([C@H](O)CC(N)=O)C(=O)NCC(=O)N[C@H]([C@@H](C)O)C(=O)N[C@@H](CCCNC(=O)CCCN)C(=O)O1.Cl. The molecule has 23 N–H and O–H groups in total. The van der Waals surface area contributed by atoms with E-state index >= 15 is 0 Å². The van der Waals surface area contributed by atoms with Gasteiger partial charge < -0.3 is 125 Å². The summed E-state index contributed by atoms with van der Waals surface area (Å²) in [6.07, 6.45) is -6.32. The zero-order valence-electron chi connectivity index (χ0n) is 66.8. The molecule has 19 atom stereocenters. The Morgan fingerprint density at radius 1 is 0.565 bits per heavy atom. The molecule has 0 radical (unpaired) electrons. The van der Waals surface area contributed by atoms with Gasteiger partial charge in [-0.05, 0) is 103 Å². The average Bonchev–Trinajstić information content (AvgIpc) is 1.70. The van der Waals surface area contributed by atoms with Gasteiger partial charge in [0.15, 0.2) is 0 Å². The molecule has 3 saturated heterocycles. The number of aliphatic hydroxyl groups excluding tert-OH is 7. The van der Waals surface area contributed by atoms with Crippen molar-refractivity contribution in [1.82, 2.24) is 68.3 Å². The van der Waals surface area contributed by atoms with Gasteiger partial charge in [-0.1, -0.05) is 97.1 Å². The van der Waals surface area contributed by atoms with Crippen molar-refractivity contribution in [2.24, 2.45) is 17.4 Å². The minimum atomic E-state index is -2.24. The molecule has 0 spiro atoms. The summed E-state index contributed by atoms with van der Waals surface area (Å²) in [4.78, 5) is 213. The number of carbonyl (C=O) groups excluding carboxylic acids is 15. The number of unbranched alkanes of at least 4 members (excludes halogenated alkanes) is 10. The number of nitrogens with two attached hydrogens (primary N) is 2. The number of esters is 1. The van der Waals surface area contributed by atoms with E-state index in [1.807, 2.05) is 0 Å². The van der Waals surface area contributed by atoms with Crippen LogP contribution in [-0.2, 0) is 83.1 Å². The van der Waals surface area contributed by atoms with Crippen molar-refractivity contribution in [2.75, 3.05) is 32.7 Å². The van der Waals surface area contributed by atoms with Crippen molar-refractivity contribution < 1.29 is 118 Å². The fraction of sp³-hybridized carbons (Fsp3) is 0.720. The Balaban J connectivity index is 0.0000342. The van der Waals surface area contributed by atoms with Crippen LogP contribution in [0.15, 0.2) is 24.3 Å². The Morgan fingerprint density at radius 2 is 1.08 bits per heavy atom. The van der Waals surface area contributed by atoms with Crippen LogP contribution in [0.3, 0.4) is 0 Å². The van der Waals surface area contributed by atoms with E-state index in [-0.39, 0.29) is 75.7 Å². The second-order valence-electron chi connectivity index (χ2n) is 30.1. The molecule has 4 rings (SSSR count). The first-order valence-electron chi connectivity index (χ1n) is 39.4. The number of nitrogens with one attached hydrogen (secondary N) is 11. The van der Waals surface area contributed by atoms with Gasteiger partial charge in [-0.3, -0.25) is 67.1 Å². The number of rotatable bonds is 29. The van der Waals surface area contributed by atoms with Crippen LogP contribution in [0.4, 0.5) is 0 Å². The van der Waals surface area contributed by atoms with E-state index in [1.54, 1.807) is 0 Å². The van der Waals surface area contributed by atoms with Crippen molar-refractivity contribution in [3.05, 3.63) is 29.8 Å². The van der Waals surface area contributed by atoms with Crippen LogP contribution in [0.25, 0.3) is 0 Å². The number of phenolic OH excluding ortho intramolecular Hbond substituents is 1. The van der Waals surface area contributed by atoms with Gasteiger partial charge in [0.2, 0.25) is 82.7 Å². The molecule has 0 aromatic heterocycles. The quantitative estimate of drug-likeness (QED) is 0.0263. The largest absolute Gasteiger partial charge is 0.508 e. The summed E-state index contributed by atoms with van der Waals surface area (Å²) >= 11 is 0. The molecule has 0 unspecified atom stereocenters. The molecule has 1 aromatic carbocycles. The molecule has 3 aliphatic rings. The number of amides is 14. The highest BCUT2D eigenvalue weighted by molar-refractivity contribution is 6.00. The van der Waals surface area contributed by atoms with E-state index in [0.717, 1.165) is 90.4 Å². The van der Waals surface area contributed by atoms with Crippen LogP contribution in [0.2, 0.25) is 0 Å². The van der Waals surface area contributed by atoms with Gasteiger partial charge >= 0.3 is 5.97 Å². The van der Waals surface area contributed by atoms with Crippen LogP contribution >= 0.6 is 12.4 Å². The first-order chi connectivity index (χ1) is 53.8. The molecule has 14 amide bonds. The Bertz CT molecular complexity index is 3390. The van der Waals surface area contributed by atoms with Crippen LogP contribution in [0.1, 0.15) is 189 Å². The molecule has 3 fully saturated rings. The lowest BCUT2D eigenvalue weighted by molar-refractivity contribution is -0.155. The maximum absolute atomic E-state index is 14.8. The van der Waals surface area contributed by atoms with E-state index in [9.17, 15) is 113 Å². The summed E-state index contributed by atoms with van der Waals surface area (Å²) in [7, 11) is 0. The molecular weight excluding hydrogens is 1530 g/mol. The second kappa shape index (κ2) is 50.5. The Hall–Kier alpha value is -8.96. The number of primary amides is 1. The molecular formula is C75H124ClN15O24. The Labute approximate surface area is 675 Å². The summed E-state index contributed by atoms with van der Waals surface area (Å²) in [5, 5.41) is 114. The van der Waals surface area contributed by atoms with Crippen molar-refractivity contribution in [3.8, 4) is 5.75 Å². The minimum Gasteiger partial charge on any atom is -0.508 e. The smallest absolute Gasteiger partial charge is 0.328 e. The fourth-order valence-electron chi connectivity index (χ4n) is 13.3. The molecule has 40 heteroatoms. The Kier molecular flexibility index (Phi) is 44.0. The number of fused-ring (bicyclic) bond motifs is 2. The highest BCUT2D eigenvalue weighted by Gasteiger charge is 2.48. The highest BCUT2D eigenvalue weighted by Crippen LogP contribution is 2.25. The molecule has 3 aliphatic heterocycles. The van der Waals surface area contributed by atoms with E-state index in [2.05, 4.69) is 65.4 Å². The predicted octanol–water partition coefficient (Wildman–Crippen LogP) is -5.15. The molecule has 0 saturated carbocycles. The fourth-order valence-corrected chi connectivity index (χ4v) is 13.3. The van der Waals surface area contributed by atoms with Gasteiger partial charge in [0.1, 0.15) is 78.3 Å². The van der Waals surface area contributed by atoms with Crippen molar-refractivity contribution in [2.45, 2.75) is 306 Å². The van der Waals surface area contributed by atoms with E-state index in [0.29, 0.717) is 29.7 Å². The average molecular weight is 1660 g/mol. The number of carbonyl (C=O) groups is 15. The first-order valence-corrected chi connectivity index (χ1v) is 39.4. The van der Waals surface area contributed by atoms with Crippen molar-refractivity contribution in [1.29, 1.82) is 0 Å². The zero-order chi connectivity index (χ0) is 85.2. The topological polar surface area (TPSA) is 618 Å². The number of hydrogen-bond acceptors (Lipinski definition) is 25. The zero-order valence-corrected chi connectivity index (χ0v) is 67.6. The second-order valence-corrected chi connectivity index (χ2v) is 30.1. The maximum Gasteiger partial charge on any atom is 0.328 e. The van der Waals surface area contributed by atoms with E-state index in [1.165, 1.54) is 45.0 Å². The lowest BCUT2D eigenvalue weighted by Crippen LogP contribution is -2.64. The molecule has 0 bridgehead atoms. The van der Waals surface area contributed by atoms with Gasteiger partial charge in [0.05, 0.1) is 62.1 Å². The third-order valence-corrected chi connectivity index (χ3v) is 19.9. The summed E-state index contributed by atoms with van der Waals surface area (Å²) in [6, 6.07) is -14.7. The number of benzene rings is 1. The van der Waals surface area contributed by atoms with Gasteiger partial charge in [0, 0.05) is 38.9 Å². The number of ether oxygens (including phenoxy) is 1. The van der Waals surface area contributed by atoms with Crippen molar-refractivity contribution in [3.63, 3.8) is 0 Å². The molecule has 115 heavy (non-hydrogen) atoms. The maximum atomic E-state index is 14.8. The Morgan fingerprint density at radius 3 is 1.64 bits per heavy atom. The number of aromatic hydroxyl groups is 1. The van der Waals surface area contributed by atoms with Crippen LogP contribution < -0.4 is 70.0 Å². The number of nitrogens with zero attached hydrogens (tertiary/aromatic N) is 2. The number of phenols is 1. The number of aliphatic hydroxyl groups is 7. The van der Waals surface area contributed by atoms with E-state index in [4.69, 9.17) is 16.2 Å². The van der Waals surface area contributed by atoms with Gasteiger partial charge in [-0.2, -0.15) is 0 Å². The first kappa shape index (κ1) is 100. The summed E-state index contributed by atoms with van der Waals surface area (Å²) in [5.41, 5.74) is 11.3. The molecule has 0 aliphatic carbocycles. The molecule has 3 heterocycles. The van der Waals surface area contributed by atoms with Crippen molar-refractivity contribution >= 4 is 101 Å². The molecule has 650 valence electrons. The monoisotopic (exact) mass is 1650 g/mol. The molecule has 1 aromatic rings. The van der Waals surface area contributed by atoms with Crippen LogP contribution in [0, 0.1) is 5.92 Å². The van der Waals surface area contributed by atoms with Gasteiger partial charge in [-0.25, -0.2) is 4.79 Å². The number of halogens is 1. The molecule has 39 nitrogen and oxygen atoms in total. The summed E-state index contributed by atoms with van der Waals surface area (Å²) in [6.45, 7) is 8.75. The van der Waals surface area contributed by atoms with Gasteiger partial charge in [-0.15, -0.1) is 12.4 Å². The number of cyclic esters (lactones) is 1. The van der Waals surface area contributed by atoms with Gasteiger partial charge in [0.25, 0.3) is 0 Å². The third-order valence-electron chi connectivity index (χ3n) is 19.9. The summed E-state index contributed by atoms with van der Waals surface area (Å²) in [5.74, 6) is -17.8. The predicted molar refractivity (Wildman–Crippen MR) is 415 cm³/mol. The standard InChI is InChI=1S/C75H123N15O24.ClH/c1-9-10-11-12-13-14-15-16-17-18-19-22-48-35-56(101)83-59(41(5)91)69(107)80-40(4)65(103)82-50(33-45-25-27-46(95)28-26-45)66(104)85-58(39(2)3)73(111)90-38-47(96)34-51(90)67(105)86-61(43(7)93)71(109)87-62(44(8)94)74(112)89-32-29-52(97)64(89)72(110)88-63(53(98)36-54(77)99)68(106)79-37-57(102)84-60(42(6)92)70(108)81-49(75(113)114-48)23-21-31-78-55(100)24-20-30-76;/h25-28,39-44,47-53,58-64,91-98H,9-24,29-38,76H2,1-8H3,(H2,77,99)(H,78,100)(H,79,106)(H,80,107)(H,81,108)(H,82,103)(H,83,101)(H,84,102)(H,85,104)(H,86,105)(H,87,109)(H,88,110);1H/t40-,41-,42-,43-,44-,47-,48-,49+,50+,51+,52+,53-,58+,59-,60-,61-,62+,63+,64+;/m1./s1. The lowest BCUT2D eigenvalue weighted by Gasteiger charge is -2.34. The minimum absolute atomic E-state index is 0. The van der Waals surface area contributed by atoms with E-state index < -0.39 is 243 Å². The lowest BCUT2D eigenvalue weighted by atomic mass is 9.99. The number of hydrogen-bond donors (Lipinski definition) is 21. The van der Waals surface area contributed by atoms with Crippen LogP contribution in [-0.4, -0.2) is 287 Å². The third kappa shape index (κ3) is 33.3. The normalized spacial score (nSPS) is 27.0. The highest BCUT2D eigenvalue weighted by atomic mass is 35.5. The summed E-state index contributed by atoms with van der Waals surface area (Å²) < 4.78 is 6.02.